The summed E-state index contributed by atoms with van der Waals surface area (Å²) in [4.78, 5) is 0. The first-order valence-corrected chi connectivity index (χ1v) is 22.8. The van der Waals surface area contributed by atoms with Crippen LogP contribution in [0.1, 0.15) is 140 Å². The summed E-state index contributed by atoms with van der Waals surface area (Å²) in [6.07, 6.45) is 5.96. The van der Waals surface area contributed by atoms with E-state index in [9.17, 15) is 35.1 Å². The Kier molecular flexibility index (Phi) is 18.9. The molecule has 13 heteroatoms. The zero-order chi connectivity index (χ0) is 46.3. The van der Waals surface area contributed by atoms with Crippen molar-refractivity contribution in [1.82, 2.24) is 0 Å². The van der Waals surface area contributed by atoms with Gasteiger partial charge in [0.1, 0.15) is 11.5 Å². The van der Waals surface area contributed by atoms with Gasteiger partial charge in [0.15, 0.2) is 29.7 Å². The number of hydrogen-bond donors (Lipinski definition) is 0. The van der Waals surface area contributed by atoms with Gasteiger partial charge in [0, 0.05) is 0 Å². The van der Waals surface area contributed by atoms with E-state index in [-0.39, 0.29) is 48.2 Å². The number of ether oxygens (including phenoxy) is 5. The number of rotatable bonds is 20. The predicted octanol–water partition coefficient (Wildman–Crippen LogP) is 15.5. The van der Waals surface area contributed by atoms with Crippen molar-refractivity contribution in [3.05, 3.63) is 113 Å². The minimum atomic E-state index is -3.72. The Morgan fingerprint density at radius 3 is 1.28 bits per heavy atom. The maximum Gasteiger partial charge on any atom is 0.432 e. The molecule has 0 unspecified atom stereocenters. The summed E-state index contributed by atoms with van der Waals surface area (Å²) < 4.78 is 137. The van der Waals surface area contributed by atoms with Crippen LogP contribution in [0.5, 0.6) is 28.7 Å². The van der Waals surface area contributed by atoms with Gasteiger partial charge in [0.25, 0.3) is 0 Å². The highest BCUT2D eigenvalue weighted by Gasteiger charge is 2.35. The normalized spacial score (nSPS) is 19.0. The molecule has 2 aliphatic carbocycles. The van der Waals surface area contributed by atoms with Gasteiger partial charge in [-0.3, -0.25) is 0 Å². The lowest BCUT2D eigenvalue weighted by Crippen LogP contribution is -2.32. The topological polar surface area (TPSA) is 46.2 Å². The molecule has 0 atom stereocenters. The van der Waals surface area contributed by atoms with Crippen molar-refractivity contribution in [3.8, 4) is 28.7 Å². The van der Waals surface area contributed by atoms with E-state index in [2.05, 4.69) is 13.8 Å². The summed E-state index contributed by atoms with van der Waals surface area (Å²) in [6, 6.07) is 18.2. The molecule has 0 bridgehead atoms. The Morgan fingerprint density at radius 1 is 0.469 bits per heavy atom. The molecular formula is C51H62F8O5. The predicted molar refractivity (Wildman–Crippen MR) is 232 cm³/mol. The number of hydrogen-bond acceptors (Lipinski definition) is 5. The third-order valence-corrected chi connectivity index (χ3v) is 12.1. The summed E-state index contributed by atoms with van der Waals surface area (Å²) in [7, 11) is 0. The van der Waals surface area contributed by atoms with E-state index >= 15 is 0 Å². The number of benzene rings is 4. The van der Waals surface area contributed by atoms with Crippen LogP contribution in [0.3, 0.4) is 0 Å². The molecule has 2 fully saturated rings. The Labute approximate surface area is 372 Å². The van der Waals surface area contributed by atoms with Crippen LogP contribution in [0.15, 0.2) is 72.8 Å². The molecule has 0 radical (unpaired) electrons. The van der Waals surface area contributed by atoms with Crippen molar-refractivity contribution in [1.29, 1.82) is 0 Å². The van der Waals surface area contributed by atoms with E-state index in [1.54, 1.807) is 26.0 Å². The minimum absolute atomic E-state index is 0.0136. The van der Waals surface area contributed by atoms with Gasteiger partial charge in [0.2, 0.25) is 17.5 Å². The van der Waals surface area contributed by atoms with Gasteiger partial charge >= 0.3 is 12.2 Å². The Morgan fingerprint density at radius 2 is 0.859 bits per heavy atom. The fourth-order valence-electron chi connectivity index (χ4n) is 8.79. The lowest BCUT2D eigenvalue weighted by Gasteiger charge is -2.28. The highest BCUT2D eigenvalue weighted by atomic mass is 19.3. The van der Waals surface area contributed by atoms with Gasteiger partial charge in [-0.25, -0.2) is 4.39 Å². The second kappa shape index (κ2) is 24.0. The quantitative estimate of drug-likeness (QED) is 0.0827. The van der Waals surface area contributed by atoms with Gasteiger partial charge in [-0.1, -0.05) is 69.9 Å². The van der Waals surface area contributed by atoms with Gasteiger partial charge in [-0.2, -0.15) is 30.7 Å². The number of aryl methyl sites for hydroxylation is 1. The van der Waals surface area contributed by atoms with Crippen LogP contribution in [-0.2, 0) is 6.42 Å². The van der Waals surface area contributed by atoms with Crippen molar-refractivity contribution in [3.63, 3.8) is 0 Å². The van der Waals surface area contributed by atoms with Crippen LogP contribution in [0.4, 0.5) is 35.1 Å². The monoisotopic (exact) mass is 906 g/mol. The van der Waals surface area contributed by atoms with E-state index in [4.69, 9.17) is 23.7 Å². The molecule has 0 heterocycles. The van der Waals surface area contributed by atoms with Crippen LogP contribution >= 0.6 is 0 Å². The molecule has 0 aromatic heterocycles. The van der Waals surface area contributed by atoms with Crippen molar-refractivity contribution < 1.29 is 58.8 Å². The largest absolute Gasteiger partial charge is 0.491 e. The van der Waals surface area contributed by atoms with E-state index < -0.39 is 54.3 Å². The Hall–Kier alpha value is -4.68. The molecule has 4 aromatic carbocycles. The first-order valence-electron chi connectivity index (χ1n) is 22.8. The van der Waals surface area contributed by atoms with E-state index in [1.165, 1.54) is 75.6 Å². The molecular weight excluding hydrogens is 845 g/mol. The van der Waals surface area contributed by atoms with Crippen LogP contribution in [-0.4, -0.2) is 32.0 Å². The highest BCUT2D eigenvalue weighted by molar-refractivity contribution is 5.36. The molecule has 0 amide bonds. The van der Waals surface area contributed by atoms with Crippen LogP contribution in [0.2, 0.25) is 0 Å². The van der Waals surface area contributed by atoms with Crippen LogP contribution in [0.25, 0.3) is 0 Å². The molecule has 2 saturated carbocycles. The van der Waals surface area contributed by atoms with E-state index in [1.807, 2.05) is 24.3 Å². The Bertz CT molecular complexity index is 1870. The maximum atomic E-state index is 14.3. The van der Waals surface area contributed by atoms with Crippen molar-refractivity contribution >= 4 is 0 Å². The van der Waals surface area contributed by atoms with Gasteiger partial charge in [0.05, 0.1) is 19.6 Å². The lowest BCUT2D eigenvalue weighted by atomic mass is 9.77. The first kappa shape index (κ1) is 50.3. The fourth-order valence-corrected chi connectivity index (χ4v) is 8.79. The highest BCUT2D eigenvalue weighted by Crippen LogP contribution is 2.40. The summed E-state index contributed by atoms with van der Waals surface area (Å²) in [5.74, 6) is -3.59. The zero-order valence-electron chi connectivity index (χ0n) is 37.3. The average Bonchev–Trinajstić information content (AvgIpc) is 3.28. The van der Waals surface area contributed by atoms with Crippen molar-refractivity contribution in [2.75, 3.05) is 19.8 Å². The fraction of sp³-hybridized carbons (Fsp3) is 0.529. The molecule has 6 rings (SSSR count). The smallest absolute Gasteiger partial charge is 0.432 e. The van der Waals surface area contributed by atoms with Gasteiger partial charge in [-0.05, 0) is 154 Å². The van der Waals surface area contributed by atoms with E-state index in [0.717, 1.165) is 60.8 Å². The third kappa shape index (κ3) is 14.7. The summed E-state index contributed by atoms with van der Waals surface area (Å²) in [5.41, 5.74) is 2.14. The molecule has 0 saturated heterocycles. The summed E-state index contributed by atoms with van der Waals surface area (Å²) >= 11 is 0. The first-order chi connectivity index (χ1) is 30.6. The second-order valence-electron chi connectivity index (χ2n) is 16.8. The van der Waals surface area contributed by atoms with Gasteiger partial charge < -0.3 is 23.7 Å². The SMILES string of the molecule is CCCC1CCC(c2ccc(OC(F)(F)CCc3ccc(OCC)c(F)c3F)cc2)CC1.CCCC1CCC(c2ccc(OC(F)(F)COc3ccc(OCC)c(F)c3F)cc2)CC1. The molecule has 0 aliphatic heterocycles. The molecule has 4 aromatic rings. The number of halogens is 8. The molecule has 5 nitrogen and oxygen atoms in total. The molecule has 0 N–H and O–H groups in total. The minimum Gasteiger partial charge on any atom is -0.491 e. The standard InChI is InChI=1S/C26H32F4O2.C25H30F4O3/c1-3-5-18-6-8-19(9-7-18)20-10-13-22(14-11-20)32-26(29,30)17-16-21-12-15-23(31-4-2)25(28)24(21)27;1-3-5-17-6-8-18(9-7-17)19-10-12-20(13-11-19)32-25(28,29)16-31-22-15-14-21(30-4-2)23(26)24(22)27/h10-15,18-19H,3-9,16-17H2,1-2H3;10-15,17-18H,3-9,16H2,1-2H3. The van der Waals surface area contributed by atoms with Crippen molar-refractivity contribution in [2.45, 2.75) is 142 Å². The third-order valence-electron chi connectivity index (χ3n) is 12.1. The molecule has 64 heavy (non-hydrogen) atoms. The molecule has 2 aliphatic rings. The van der Waals surface area contributed by atoms with E-state index in [0.29, 0.717) is 11.8 Å². The second-order valence-corrected chi connectivity index (χ2v) is 16.8. The van der Waals surface area contributed by atoms with Crippen LogP contribution < -0.4 is 23.7 Å². The van der Waals surface area contributed by atoms with Crippen molar-refractivity contribution in [2.24, 2.45) is 11.8 Å². The zero-order valence-corrected chi connectivity index (χ0v) is 37.3. The number of alkyl halides is 4. The maximum absolute atomic E-state index is 14.3. The van der Waals surface area contributed by atoms with Crippen LogP contribution in [0, 0.1) is 35.1 Å². The summed E-state index contributed by atoms with van der Waals surface area (Å²) in [6.45, 7) is 6.74. The Balaban J connectivity index is 0.000000241. The summed E-state index contributed by atoms with van der Waals surface area (Å²) in [5, 5.41) is 0. The average molecular weight is 907 g/mol. The molecule has 0 spiro atoms. The lowest BCUT2D eigenvalue weighted by molar-refractivity contribution is -0.195. The van der Waals surface area contributed by atoms with Gasteiger partial charge in [-0.15, -0.1) is 0 Å². The molecule has 352 valence electrons.